The zero-order chi connectivity index (χ0) is 22.5. The van der Waals surface area contributed by atoms with Crippen molar-refractivity contribution in [1.29, 1.82) is 0 Å². The van der Waals surface area contributed by atoms with Gasteiger partial charge in [0.1, 0.15) is 0 Å². The Morgan fingerprint density at radius 3 is 1.17 bits per heavy atom. The van der Waals surface area contributed by atoms with Gasteiger partial charge in [-0.2, -0.15) is 0 Å². The van der Waals surface area contributed by atoms with Gasteiger partial charge in [-0.3, -0.25) is 0 Å². The Labute approximate surface area is 172 Å². The predicted molar refractivity (Wildman–Crippen MR) is 118 cm³/mol. The van der Waals surface area contributed by atoms with Crippen LogP contribution in [0.15, 0.2) is 17.3 Å². The highest BCUT2D eigenvalue weighted by atomic mass is 28.3. The van der Waals surface area contributed by atoms with Gasteiger partial charge in [-0.05, 0) is 5.57 Å². The van der Waals surface area contributed by atoms with E-state index in [2.05, 4.69) is 65.0 Å². The first-order valence-corrected chi connectivity index (χ1v) is 20.4. The van der Waals surface area contributed by atoms with Crippen LogP contribution in [0.3, 0.4) is 0 Å². The molecule has 1 aromatic rings. The van der Waals surface area contributed by atoms with Crippen LogP contribution in [0.2, 0.25) is 69.0 Å². The molecule has 2 aliphatic carbocycles. The third kappa shape index (κ3) is 2.45. The lowest BCUT2D eigenvalue weighted by Gasteiger charge is -2.76. The highest BCUT2D eigenvalue weighted by Crippen LogP contribution is 2.88. The molecule has 0 nitrogen and oxygen atoms in total. The van der Waals surface area contributed by atoms with Crippen molar-refractivity contribution in [2.24, 2.45) is 0 Å². The van der Waals surface area contributed by atoms with Gasteiger partial charge in [0.2, 0.25) is 5.82 Å². The molecule has 0 bridgehead atoms. The predicted octanol–water partition coefficient (Wildman–Crippen LogP) is 7.75. The van der Waals surface area contributed by atoms with Crippen molar-refractivity contribution in [3.8, 4) is 0 Å². The monoisotopic (exact) mass is 460 g/mol. The molecule has 0 aliphatic heterocycles. The zero-order valence-electron chi connectivity index (χ0n) is 18.5. The summed E-state index contributed by atoms with van der Waals surface area (Å²) in [4.78, 5) is 0. The number of hydrogen-bond acceptors (Lipinski definition) is 0. The summed E-state index contributed by atoms with van der Waals surface area (Å²) in [6.45, 7) is 19.4. The molecule has 3 rings (SSSR count). The van der Waals surface area contributed by atoms with E-state index in [1.54, 1.807) is 0 Å². The molecule has 0 saturated carbocycles. The molecule has 0 radical (unpaired) electrons. The summed E-state index contributed by atoms with van der Waals surface area (Å²) in [7, 11) is -6.30. The second-order valence-corrected chi connectivity index (χ2v) is 27.0. The Balaban J connectivity index is 2.56. The zero-order valence-corrected chi connectivity index (χ0v) is 21.5. The SMILES string of the molecule is C[Si](C)(C)C1=C(c2c(F)c(F)c(F)c(F)c2F)C2([Si](C)(C)C)C=CC12[Si](C)(C)C. The van der Waals surface area contributed by atoms with Crippen LogP contribution in [0.25, 0.3) is 5.57 Å². The Bertz CT molecular complexity index is 947. The van der Waals surface area contributed by atoms with Crippen LogP contribution in [-0.2, 0) is 0 Å². The van der Waals surface area contributed by atoms with E-state index in [1.165, 1.54) is 0 Å². The molecule has 0 spiro atoms. The molecule has 0 N–H and O–H groups in total. The van der Waals surface area contributed by atoms with E-state index in [-0.39, 0.29) is 5.04 Å². The molecule has 2 unspecified atom stereocenters. The molecule has 160 valence electrons. The van der Waals surface area contributed by atoms with Crippen molar-refractivity contribution < 1.29 is 22.0 Å². The fourth-order valence-electron chi connectivity index (χ4n) is 5.86. The first-order valence-electron chi connectivity index (χ1n) is 9.86. The molecular formula is C21H29F5Si3. The Morgan fingerprint density at radius 2 is 0.897 bits per heavy atom. The third-order valence-electron chi connectivity index (χ3n) is 6.82. The van der Waals surface area contributed by atoms with Crippen LogP contribution in [0.5, 0.6) is 0 Å². The van der Waals surface area contributed by atoms with Gasteiger partial charge in [0, 0.05) is 10.1 Å². The second-order valence-electron chi connectivity index (χ2n) is 11.4. The molecular weight excluding hydrogens is 431 g/mol. The topological polar surface area (TPSA) is 0 Å². The highest BCUT2D eigenvalue weighted by molar-refractivity contribution is 6.97. The summed E-state index contributed by atoms with van der Waals surface area (Å²) in [5, 5.41) is 0.0699. The number of hydrogen-bond donors (Lipinski definition) is 0. The summed E-state index contributed by atoms with van der Waals surface area (Å²) in [6.07, 6.45) is 4.19. The average Bonchev–Trinajstić information content (AvgIpc) is 2.50. The lowest BCUT2D eigenvalue weighted by molar-refractivity contribution is 0.373. The van der Waals surface area contributed by atoms with Gasteiger partial charge in [0.05, 0.1) is 29.8 Å². The normalized spacial score (nSPS) is 27.0. The molecule has 0 fully saturated rings. The fraction of sp³-hybridized carbons (Fsp3) is 0.524. The molecule has 0 heterocycles. The lowest BCUT2D eigenvalue weighted by atomic mass is 9.62. The van der Waals surface area contributed by atoms with E-state index in [0.29, 0.717) is 5.57 Å². The Hall–Kier alpha value is -0.999. The van der Waals surface area contributed by atoms with E-state index >= 15 is 8.78 Å². The van der Waals surface area contributed by atoms with Crippen molar-refractivity contribution in [2.45, 2.75) is 69.0 Å². The van der Waals surface area contributed by atoms with Gasteiger partial charge in [-0.15, -0.1) is 0 Å². The molecule has 1 aromatic carbocycles. The van der Waals surface area contributed by atoms with Crippen LogP contribution in [0.1, 0.15) is 5.56 Å². The summed E-state index contributed by atoms with van der Waals surface area (Å²) >= 11 is 0. The third-order valence-corrected chi connectivity index (χ3v) is 15.8. The van der Waals surface area contributed by atoms with Gasteiger partial charge in [-0.25, -0.2) is 22.0 Å². The summed E-state index contributed by atoms with van der Waals surface area (Å²) in [5.74, 6) is -9.22. The largest absolute Gasteiger partial charge is 0.203 e. The molecule has 2 aliphatic rings. The van der Waals surface area contributed by atoms with E-state index in [0.717, 1.165) is 5.20 Å². The summed E-state index contributed by atoms with van der Waals surface area (Å²) < 4.78 is 72.1. The minimum Gasteiger partial charge on any atom is -0.203 e. The van der Waals surface area contributed by atoms with Crippen LogP contribution in [0, 0.1) is 29.1 Å². The number of rotatable bonds is 4. The van der Waals surface area contributed by atoms with E-state index in [1.807, 2.05) is 6.08 Å². The maximum absolute atomic E-state index is 15.0. The standard InChI is InChI=1S/C21H29F5Si3/c1-27(2,3)19-13(12-14(22)16(24)18(26)17(25)15(12)23)20(28(4,5)6)10-11-21(19,20)29(7,8)9/h10-11H,1-9H3. The molecule has 0 amide bonds. The second kappa shape index (κ2) is 6.03. The molecule has 2 atom stereocenters. The van der Waals surface area contributed by atoms with Gasteiger partial charge in [0.25, 0.3) is 0 Å². The molecule has 0 saturated heterocycles. The number of allylic oxidation sites excluding steroid dienone is 4. The van der Waals surface area contributed by atoms with Crippen molar-refractivity contribution in [3.05, 3.63) is 52.0 Å². The maximum Gasteiger partial charge on any atom is 0.200 e. The van der Waals surface area contributed by atoms with Crippen LogP contribution < -0.4 is 0 Å². The maximum atomic E-state index is 15.0. The summed E-state index contributed by atoms with van der Waals surface area (Å²) in [5.41, 5.74) is -0.298. The van der Waals surface area contributed by atoms with Crippen molar-refractivity contribution >= 4 is 29.8 Å². The fourth-order valence-corrected chi connectivity index (χ4v) is 19.0. The minimum absolute atomic E-state index is 0.287. The quantitative estimate of drug-likeness (QED) is 0.142. The Morgan fingerprint density at radius 1 is 0.552 bits per heavy atom. The Kier molecular flexibility index (Phi) is 4.72. The van der Waals surface area contributed by atoms with Gasteiger partial charge >= 0.3 is 0 Å². The molecule has 0 aromatic heterocycles. The summed E-state index contributed by atoms with van der Waals surface area (Å²) in [6, 6.07) is 0. The van der Waals surface area contributed by atoms with Gasteiger partial charge < -0.3 is 0 Å². The van der Waals surface area contributed by atoms with E-state index in [4.69, 9.17) is 0 Å². The first-order chi connectivity index (χ1) is 12.9. The smallest absolute Gasteiger partial charge is 0.200 e. The van der Waals surface area contributed by atoms with Gasteiger partial charge in [0.15, 0.2) is 23.3 Å². The van der Waals surface area contributed by atoms with Gasteiger partial charge in [-0.1, -0.05) is 76.3 Å². The van der Waals surface area contributed by atoms with Crippen LogP contribution >= 0.6 is 0 Å². The lowest BCUT2D eigenvalue weighted by Crippen LogP contribution is -2.68. The van der Waals surface area contributed by atoms with E-state index < -0.39 is 63.9 Å². The number of fused-ring (bicyclic) bond motifs is 1. The van der Waals surface area contributed by atoms with Crippen LogP contribution in [-0.4, -0.2) is 24.2 Å². The highest BCUT2D eigenvalue weighted by Gasteiger charge is 2.76. The molecule has 8 heteroatoms. The van der Waals surface area contributed by atoms with E-state index in [9.17, 15) is 13.2 Å². The van der Waals surface area contributed by atoms with Crippen LogP contribution in [0.4, 0.5) is 22.0 Å². The molecule has 29 heavy (non-hydrogen) atoms. The number of halogens is 5. The average molecular weight is 461 g/mol. The number of benzene rings is 1. The minimum atomic E-state index is -2.18. The van der Waals surface area contributed by atoms with Crippen molar-refractivity contribution in [1.82, 2.24) is 0 Å². The first kappa shape index (κ1) is 22.7. The van der Waals surface area contributed by atoms with Crippen molar-refractivity contribution in [3.63, 3.8) is 0 Å². The van der Waals surface area contributed by atoms with Crippen molar-refractivity contribution in [2.75, 3.05) is 0 Å².